The minimum Gasteiger partial charge on any atom is -0.480 e. The summed E-state index contributed by atoms with van der Waals surface area (Å²) >= 11 is 0. The quantitative estimate of drug-likeness (QED) is 0.791. The molecule has 1 amide bonds. The van der Waals surface area contributed by atoms with Gasteiger partial charge in [-0.05, 0) is 33.8 Å². The molecule has 1 aliphatic heterocycles. The van der Waals surface area contributed by atoms with Crippen molar-refractivity contribution in [3.8, 4) is 0 Å². The van der Waals surface area contributed by atoms with Crippen molar-refractivity contribution in [1.82, 2.24) is 4.90 Å². The summed E-state index contributed by atoms with van der Waals surface area (Å²) in [5.41, 5.74) is -0.496. The standard InChI is InChI=1S/C16H19NO5/c1-15(2,3)22-14(21)17-8-10(9-18)11-5-6-16(4,13(19)20)7-12(11)17/h5-7,9H,8H2,1-4H3,(H,19,20). The minimum atomic E-state index is -1.22. The molecule has 1 aliphatic carbocycles. The summed E-state index contributed by atoms with van der Waals surface area (Å²) in [6, 6.07) is 0. The maximum Gasteiger partial charge on any atom is 0.415 e. The van der Waals surface area contributed by atoms with Crippen molar-refractivity contribution in [1.29, 1.82) is 0 Å². The topological polar surface area (TPSA) is 83.9 Å². The molecule has 0 saturated carbocycles. The Bertz CT molecular complexity index is 635. The van der Waals surface area contributed by atoms with Crippen LogP contribution >= 0.6 is 0 Å². The van der Waals surface area contributed by atoms with Crippen LogP contribution in [0, 0.1) is 5.41 Å². The van der Waals surface area contributed by atoms with Crippen LogP contribution in [-0.2, 0) is 14.3 Å². The summed E-state index contributed by atoms with van der Waals surface area (Å²) in [4.78, 5) is 36.2. The third kappa shape index (κ3) is 2.81. The molecule has 1 N–H and O–H groups in total. The van der Waals surface area contributed by atoms with Crippen molar-refractivity contribution < 1.29 is 24.2 Å². The molecule has 6 heteroatoms. The second-order valence-electron chi connectivity index (χ2n) is 6.57. The van der Waals surface area contributed by atoms with Crippen LogP contribution in [0.25, 0.3) is 0 Å². The Morgan fingerprint density at radius 1 is 1.41 bits per heavy atom. The molecule has 0 bridgehead atoms. The lowest BCUT2D eigenvalue weighted by Crippen LogP contribution is -2.36. The number of carbonyl (C=O) groups is 3. The van der Waals surface area contributed by atoms with E-state index in [2.05, 4.69) is 0 Å². The first-order valence-corrected chi connectivity index (χ1v) is 6.92. The van der Waals surface area contributed by atoms with Crippen molar-refractivity contribution in [3.05, 3.63) is 35.1 Å². The number of hydrogen-bond donors (Lipinski definition) is 1. The molecule has 0 spiro atoms. The zero-order valence-corrected chi connectivity index (χ0v) is 13.0. The van der Waals surface area contributed by atoms with Crippen LogP contribution < -0.4 is 0 Å². The Labute approximate surface area is 128 Å². The number of hydrogen-bond acceptors (Lipinski definition) is 4. The fourth-order valence-electron chi connectivity index (χ4n) is 2.30. The van der Waals surface area contributed by atoms with Crippen molar-refractivity contribution in [2.45, 2.75) is 33.3 Å². The molecular formula is C16H19NO5. The highest BCUT2D eigenvalue weighted by Gasteiger charge is 2.39. The Morgan fingerprint density at radius 2 is 2.05 bits per heavy atom. The molecule has 1 atom stereocenters. The van der Waals surface area contributed by atoms with E-state index in [1.165, 1.54) is 24.0 Å². The van der Waals surface area contributed by atoms with E-state index in [9.17, 15) is 19.5 Å². The van der Waals surface area contributed by atoms with Gasteiger partial charge in [-0.25, -0.2) is 4.79 Å². The maximum atomic E-state index is 12.3. The molecule has 118 valence electrons. The van der Waals surface area contributed by atoms with Gasteiger partial charge in [-0.2, -0.15) is 0 Å². The molecule has 1 unspecified atom stereocenters. The van der Waals surface area contributed by atoms with E-state index in [1.54, 1.807) is 26.8 Å². The fraction of sp³-hybridized carbons (Fsp3) is 0.438. The third-order valence-corrected chi connectivity index (χ3v) is 3.49. The zero-order valence-electron chi connectivity index (χ0n) is 13.0. The number of carboxylic acids is 1. The largest absolute Gasteiger partial charge is 0.480 e. The summed E-state index contributed by atoms with van der Waals surface area (Å²) in [6.07, 6.45) is 4.65. The van der Waals surface area contributed by atoms with Crippen LogP contribution in [0.1, 0.15) is 27.7 Å². The summed E-state index contributed by atoms with van der Waals surface area (Å²) < 4.78 is 5.32. The number of aliphatic carboxylic acids is 1. The smallest absolute Gasteiger partial charge is 0.415 e. The highest BCUT2D eigenvalue weighted by Crippen LogP contribution is 2.38. The Kier molecular flexibility index (Phi) is 3.73. The van der Waals surface area contributed by atoms with Crippen molar-refractivity contribution >= 4 is 18.3 Å². The lowest BCUT2D eigenvalue weighted by molar-refractivity contribution is -0.142. The highest BCUT2D eigenvalue weighted by molar-refractivity contribution is 5.88. The molecule has 2 aliphatic rings. The summed E-state index contributed by atoms with van der Waals surface area (Å²) in [5.74, 6) is -1.03. The average molecular weight is 305 g/mol. The number of ether oxygens (including phenoxy) is 1. The minimum absolute atomic E-state index is 0.0830. The van der Waals surface area contributed by atoms with E-state index in [0.717, 1.165) is 0 Å². The van der Waals surface area contributed by atoms with Gasteiger partial charge >= 0.3 is 12.1 Å². The van der Waals surface area contributed by atoms with Gasteiger partial charge in [0.2, 0.25) is 0 Å². The number of aldehydes is 1. The van der Waals surface area contributed by atoms with Crippen LogP contribution in [0.3, 0.4) is 0 Å². The van der Waals surface area contributed by atoms with Gasteiger partial charge in [0.1, 0.15) is 17.3 Å². The second-order valence-corrected chi connectivity index (χ2v) is 6.57. The number of fused-ring (bicyclic) bond motifs is 1. The van der Waals surface area contributed by atoms with Crippen LogP contribution in [0.15, 0.2) is 35.1 Å². The predicted molar refractivity (Wildman–Crippen MR) is 79.0 cm³/mol. The SMILES string of the molecule is CC(C)(C)OC(=O)N1CC(C=O)=C2C=CC(C)(C(=O)O)C=C21. The summed E-state index contributed by atoms with van der Waals surface area (Å²) in [5, 5.41) is 9.34. The third-order valence-electron chi connectivity index (χ3n) is 3.49. The van der Waals surface area contributed by atoms with Crippen LogP contribution in [0.5, 0.6) is 0 Å². The Balaban J connectivity index is 2.41. The number of amides is 1. The first kappa shape index (κ1) is 16.0. The number of carboxylic acid groups (broad SMARTS) is 1. The van der Waals surface area contributed by atoms with Gasteiger partial charge < -0.3 is 9.84 Å². The van der Waals surface area contributed by atoms with E-state index in [1.807, 2.05) is 0 Å². The molecule has 0 fully saturated rings. The lowest BCUT2D eigenvalue weighted by atomic mass is 9.83. The maximum absolute atomic E-state index is 12.3. The van der Waals surface area contributed by atoms with Gasteiger partial charge in [-0.3, -0.25) is 14.5 Å². The van der Waals surface area contributed by atoms with E-state index in [4.69, 9.17) is 4.74 Å². The molecule has 0 saturated heterocycles. The molecule has 0 radical (unpaired) electrons. The van der Waals surface area contributed by atoms with Gasteiger partial charge in [0.15, 0.2) is 0 Å². The number of allylic oxidation sites excluding steroid dienone is 1. The molecule has 0 aromatic heterocycles. The summed E-state index contributed by atoms with van der Waals surface area (Å²) in [6.45, 7) is 6.84. The van der Waals surface area contributed by atoms with E-state index in [0.29, 0.717) is 23.1 Å². The average Bonchev–Trinajstić information content (AvgIpc) is 2.74. The van der Waals surface area contributed by atoms with E-state index >= 15 is 0 Å². The Morgan fingerprint density at radius 3 is 2.55 bits per heavy atom. The molecule has 2 rings (SSSR count). The van der Waals surface area contributed by atoms with Crippen molar-refractivity contribution in [3.63, 3.8) is 0 Å². The highest BCUT2D eigenvalue weighted by atomic mass is 16.6. The van der Waals surface area contributed by atoms with Crippen molar-refractivity contribution in [2.75, 3.05) is 6.54 Å². The number of rotatable bonds is 2. The van der Waals surface area contributed by atoms with Crippen LogP contribution in [0.2, 0.25) is 0 Å². The summed E-state index contributed by atoms with van der Waals surface area (Å²) in [7, 11) is 0. The Hall–Kier alpha value is -2.37. The number of nitrogens with zero attached hydrogens (tertiary/aromatic N) is 1. The molecular weight excluding hydrogens is 286 g/mol. The molecule has 6 nitrogen and oxygen atoms in total. The number of carbonyl (C=O) groups excluding carboxylic acids is 2. The molecule has 1 heterocycles. The monoisotopic (exact) mass is 305 g/mol. The van der Waals surface area contributed by atoms with Gasteiger partial charge in [-0.15, -0.1) is 0 Å². The molecule has 0 aromatic rings. The normalized spacial score (nSPS) is 24.0. The lowest BCUT2D eigenvalue weighted by Gasteiger charge is -2.28. The molecule has 22 heavy (non-hydrogen) atoms. The van der Waals surface area contributed by atoms with Crippen LogP contribution in [-0.4, -0.2) is 40.5 Å². The molecule has 0 aromatic carbocycles. The van der Waals surface area contributed by atoms with E-state index < -0.39 is 23.1 Å². The fourth-order valence-corrected chi connectivity index (χ4v) is 2.30. The van der Waals surface area contributed by atoms with Crippen LogP contribution in [0.4, 0.5) is 4.79 Å². The predicted octanol–water partition coefficient (Wildman–Crippen LogP) is 2.28. The van der Waals surface area contributed by atoms with Gasteiger partial charge in [-0.1, -0.05) is 12.2 Å². The second kappa shape index (κ2) is 5.12. The van der Waals surface area contributed by atoms with Gasteiger partial charge in [0, 0.05) is 11.1 Å². The zero-order chi connectivity index (χ0) is 16.7. The van der Waals surface area contributed by atoms with E-state index in [-0.39, 0.29) is 6.54 Å². The van der Waals surface area contributed by atoms with Gasteiger partial charge in [0.25, 0.3) is 0 Å². The first-order valence-electron chi connectivity index (χ1n) is 6.92. The van der Waals surface area contributed by atoms with Gasteiger partial charge in [0.05, 0.1) is 12.2 Å². The van der Waals surface area contributed by atoms with Crippen molar-refractivity contribution in [2.24, 2.45) is 5.41 Å². The first-order chi connectivity index (χ1) is 10.1.